The van der Waals surface area contributed by atoms with E-state index in [0.717, 1.165) is 24.1 Å². The minimum Gasteiger partial charge on any atom is -0.478 e. The first-order valence-electron chi connectivity index (χ1n) is 4.77. The lowest BCUT2D eigenvalue weighted by atomic mass is 10.1. The summed E-state index contributed by atoms with van der Waals surface area (Å²) in [7, 11) is 0. The van der Waals surface area contributed by atoms with Crippen molar-refractivity contribution in [2.45, 2.75) is 25.8 Å². The fraction of sp³-hybridized carbons (Fsp3) is 0.364. The lowest BCUT2D eigenvalue weighted by Gasteiger charge is -2.09. The summed E-state index contributed by atoms with van der Waals surface area (Å²) in [5.41, 5.74) is 2.20. The Morgan fingerprint density at radius 1 is 1.50 bits per heavy atom. The van der Waals surface area contributed by atoms with Crippen LogP contribution in [0.1, 0.15) is 28.8 Å². The third-order valence-corrected chi connectivity index (χ3v) is 2.34. The largest absolute Gasteiger partial charge is 0.478 e. The van der Waals surface area contributed by atoms with Crippen LogP contribution in [0.2, 0.25) is 0 Å². The van der Waals surface area contributed by atoms with E-state index in [1.807, 2.05) is 19.1 Å². The van der Waals surface area contributed by atoms with Gasteiger partial charge in [0.15, 0.2) is 0 Å². The molecular weight excluding hydrogens is 178 g/mol. The first-order chi connectivity index (χ1) is 6.66. The van der Waals surface area contributed by atoms with Gasteiger partial charge >= 0.3 is 5.97 Å². The van der Waals surface area contributed by atoms with Gasteiger partial charge in [0.25, 0.3) is 0 Å². The van der Waals surface area contributed by atoms with Crippen LogP contribution in [-0.2, 0) is 0 Å². The van der Waals surface area contributed by atoms with Crippen LogP contribution in [0.3, 0.4) is 0 Å². The fourth-order valence-electron chi connectivity index (χ4n) is 1.41. The Balaban J connectivity index is 2.31. The summed E-state index contributed by atoms with van der Waals surface area (Å²) < 4.78 is 0. The summed E-state index contributed by atoms with van der Waals surface area (Å²) in [6, 6.07) is 5.85. The number of carboxylic acid groups (broad SMARTS) is 1. The third kappa shape index (κ3) is 1.87. The van der Waals surface area contributed by atoms with Gasteiger partial charge in [0.05, 0.1) is 5.56 Å². The third-order valence-electron chi connectivity index (χ3n) is 2.34. The van der Waals surface area contributed by atoms with Gasteiger partial charge in [0.1, 0.15) is 0 Å². The van der Waals surface area contributed by atoms with Gasteiger partial charge in [-0.15, -0.1) is 0 Å². The molecule has 0 saturated heterocycles. The SMILES string of the molecule is Cc1ccc(C(=O)O)c(NC2CC2)c1. The standard InChI is InChI=1S/C11H13NO2/c1-7-2-5-9(11(13)14)10(6-7)12-8-3-4-8/h2,5-6,8,12H,3-4H2,1H3,(H,13,14). The number of benzene rings is 1. The lowest BCUT2D eigenvalue weighted by molar-refractivity contribution is 0.0698. The highest BCUT2D eigenvalue weighted by Crippen LogP contribution is 2.27. The molecule has 0 radical (unpaired) electrons. The smallest absolute Gasteiger partial charge is 0.337 e. The van der Waals surface area contributed by atoms with Crippen LogP contribution in [0.4, 0.5) is 5.69 Å². The second kappa shape index (κ2) is 3.33. The Kier molecular flexibility index (Phi) is 2.15. The summed E-state index contributed by atoms with van der Waals surface area (Å²) >= 11 is 0. The zero-order valence-corrected chi connectivity index (χ0v) is 8.08. The van der Waals surface area contributed by atoms with Gasteiger partial charge in [-0.1, -0.05) is 6.07 Å². The first-order valence-corrected chi connectivity index (χ1v) is 4.77. The number of rotatable bonds is 3. The monoisotopic (exact) mass is 191 g/mol. The van der Waals surface area contributed by atoms with Crippen LogP contribution in [0.5, 0.6) is 0 Å². The van der Waals surface area contributed by atoms with Crippen molar-refractivity contribution in [3.8, 4) is 0 Å². The number of hydrogen-bond acceptors (Lipinski definition) is 2. The second-order valence-electron chi connectivity index (χ2n) is 3.77. The van der Waals surface area contributed by atoms with E-state index in [1.54, 1.807) is 6.07 Å². The van der Waals surface area contributed by atoms with Gasteiger partial charge in [0.2, 0.25) is 0 Å². The summed E-state index contributed by atoms with van der Waals surface area (Å²) in [6.07, 6.45) is 2.29. The number of carbonyl (C=O) groups is 1. The van der Waals surface area contributed by atoms with Gasteiger partial charge < -0.3 is 10.4 Å². The molecule has 2 N–H and O–H groups in total. The molecule has 0 amide bonds. The van der Waals surface area contributed by atoms with Crippen LogP contribution in [0.25, 0.3) is 0 Å². The Labute approximate surface area is 82.8 Å². The van der Waals surface area contributed by atoms with Gasteiger partial charge in [0, 0.05) is 11.7 Å². The van der Waals surface area contributed by atoms with E-state index in [1.165, 1.54) is 0 Å². The number of hydrogen-bond donors (Lipinski definition) is 2. The molecule has 0 aliphatic heterocycles. The molecule has 0 unspecified atom stereocenters. The van der Waals surface area contributed by atoms with Crippen molar-refractivity contribution in [2.24, 2.45) is 0 Å². The van der Waals surface area contributed by atoms with Crippen LogP contribution in [-0.4, -0.2) is 17.1 Å². The van der Waals surface area contributed by atoms with E-state index in [9.17, 15) is 4.79 Å². The van der Waals surface area contributed by atoms with E-state index < -0.39 is 5.97 Å². The molecule has 1 fully saturated rings. The number of aromatic carboxylic acids is 1. The average Bonchev–Trinajstić information content (AvgIpc) is 2.87. The van der Waals surface area contributed by atoms with Gasteiger partial charge in [-0.05, 0) is 37.5 Å². The van der Waals surface area contributed by atoms with Gasteiger partial charge in [-0.3, -0.25) is 0 Å². The molecule has 14 heavy (non-hydrogen) atoms. The van der Waals surface area contributed by atoms with Crippen molar-refractivity contribution in [1.82, 2.24) is 0 Å². The van der Waals surface area contributed by atoms with Crippen molar-refractivity contribution in [3.63, 3.8) is 0 Å². The molecule has 0 heterocycles. The van der Waals surface area contributed by atoms with Crippen molar-refractivity contribution in [1.29, 1.82) is 0 Å². The zero-order valence-electron chi connectivity index (χ0n) is 8.08. The van der Waals surface area contributed by atoms with Gasteiger partial charge in [-0.25, -0.2) is 4.79 Å². The molecule has 2 rings (SSSR count). The predicted octanol–water partition coefficient (Wildman–Crippen LogP) is 2.27. The van der Waals surface area contributed by atoms with Crippen molar-refractivity contribution >= 4 is 11.7 Å². The summed E-state index contributed by atoms with van der Waals surface area (Å²) in [5.74, 6) is -0.867. The molecule has 1 aliphatic carbocycles. The summed E-state index contributed by atoms with van der Waals surface area (Å²) in [6.45, 7) is 1.96. The maximum atomic E-state index is 10.9. The molecule has 1 aromatic rings. The molecule has 74 valence electrons. The van der Waals surface area contributed by atoms with E-state index >= 15 is 0 Å². The normalized spacial score (nSPS) is 15.2. The first kappa shape index (κ1) is 9.06. The molecule has 3 heteroatoms. The van der Waals surface area contributed by atoms with Crippen LogP contribution >= 0.6 is 0 Å². The molecule has 0 aromatic heterocycles. The molecule has 0 atom stereocenters. The minimum absolute atomic E-state index is 0.363. The van der Waals surface area contributed by atoms with E-state index in [2.05, 4.69) is 5.32 Å². The molecule has 0 bridgehead atoms. The number of carboxylic acids is 1. The van der Waals surface area contributed by atoms with E-state index in [4.69, 9.17) is 5.11 Å². The highest BCUT2D eigenvalue weighted by Gasteiger charge is 2.22. The number of aryl methyl sites for hydroxylation is 1. The zero-order chi connectivity index (χ0) is 10.1. The Hall–Kier alpha value is -1.51. The van der Waals surface area contributed by atoms with Crippen molar-refractivity contribution in [2.75, 3.05) is 5.32 Å². The summed E-state index contributed by atoms with van der Waals surface area (Å²) in [5, 5.41) is 12.2. The highest BCUT2D eigenvalue weighted by molar-refractivity contribution is 5.94. The fourth-order valence-corrected chi connectivity index (χ4v) is 1.41. The molecule has 1 aliphatic rings. The highest BCUT2D eigenvalue weighted by atomic mass is 16.4. The Bertz CT molecular complexity index is 370. The van der Waals surface area contributed by atoms with E-state index in [0.29, 0.717) is 11.6 Å². The number of nitrogens with one attached hydrogen (secondary N) is 1. The Morgan fingerprint density at radius 3 is 2.79 bits per heavy atom. The molecular formula is C11H13NO2. The quantitative estimate of drug-likeness (QED) is 0.770. The topological polar surface area (TPSA) is 49.3 Å². The van der Waals surface area contributed by atoms with Crippen LogP contribution in [0.15, 0.2) is 18.2 Å². The molecule has 1 aromatic carbocycles. The van der Waals surface area contributed by atoms with Crippen molar-refractivity contribution < 1.29 is 9.90 Å². The maximum absolute atomic E-state index is 10.9. The minimum atomic E-state index is -0.867. The van der Waals surface area contributed by atoms with Crippen LogP contribution in [0, 0.1) is 6.92 Å². The summed E-state index contributed by atoms with van der Waals surface area (Å²) in [4.78, 5) is 10.9. The lowest BCUT2D eigenvalue weighted by Crippen LogP contribution is -2.07. The van der Waals surface area contributed by atoms with Crippen molar-refractivity contribution in [3.05, 3.63) is 29.3 Å². The number of anilines is 1. The van der Waals surface area contributed by atoms with Crippen LogP contribution < -0.4 is 5.32 Å². The maximum Gasteiger partial charge on any atom is 0.337 e. The Morgan fingerprint density at radius 2 is 2.21 bits per heavy atom. The molecule has 0 spiro atoms. The molecule has 3 nitrogen and oxygen atoms in total. The average molecular weight is 191 g/mol. The molecule has 1 saturated carbocycles. The van der Waals surface area contributed by atoms with E-state index in [-0.39, 0.29) is 0 Å². The second-order valence-corrected chi connectivity index (χ2v) is 3.77. The van der Waals surface area contributed by atoms with Gasteiger partial charge in [-0.2, -0.15) is 0 Å². The predicted molar refractivity (Wildman–Crippen MR) is 54.8 cm³/mol.